The molecule has 1 fully saturated rings. The summed E-state index contributed by atoms with van der Waals surface area (Å²) in [6.07, 6.45) is 4.66. The molecule has 41 heavy (non-hydrogen) atoms. The Morgan fingerprint density at radius 3 is 2.32 bits per heavy atom. The van der Waals surface area contributed by atoms with Gasteiger partial charge in [0.2, 0.25) is 11.8 Å². The van der Waals surface area contributed by atoms with Crippen molar-refractivity contribution in [3.05, 3.63) is 78.0 Å². The van der Waals surface area contributed by atoms with Crippen molar-refractivity contribution in [3.63, 3.8) is 0 Å². The number of nitrogens with zero attached hydrogens (tertiary/aromatic N) is 1. The number of carboxylic acid groups (broad SMARTS) is 1. The minimum absolute atomic E-state index is 0.0277. The molecule has 1 aliphatic carbocycles. The Kier molecular flexibility index (Phi) is 10.1. The molecule has 0 atom stereocenters. The molecule has 0 aliphatic heterocycles. The van der Waals surface area contributed by atoms with Gasteiger partial charge < -0.3 is 30.0 Å². The summed E-state index contributed by atoms with van der Waals surface area (Å²) in [5.74, 6) is 0.552. The fourth-order valence-electron chi connectivity index (χ4n) is 4.41. The van der Waals surface area contributed by atoms with E-state index in [1.54, 1.807) is 48.7 Å². The second-order valence-electron chi connectivity index (χ2n) is 10.4. The summed E-state index contributed by atoms with van der Waals surface area (Å²) in [4.78, 5) is 39.9. The van der Waals surface area contributed by atoms with Gasteiger partial charge in [0.25, 0.3) is 0 Å². The Hall–Kier alpha value is -4.60. The van der Waals surface area contributed by atoms with E-state index in [1.807, 2.05) is 26.0 Å². The molecule has 1 aromatic heterocycles. The third-order valence-corrected chi connectivity index (χ3v) is 6.49. The minimum atomic E-state index is -1.11. The zero-order chi connectivity index (χ0) is 29.2. The first-order valence-corrected chi connectivity index (χ1v) is 13.7. The van der Waals surface area contributed by atoms with Gasteiger partial charge in [0.15, 0.2) is 0 Å². The molecule has 0 unspecified atom stereocenters. The van der Waals surface area contributed by atoms with E-state index in [4.69, 9.17) is 14.2 Å². The highest BCUT2D eigenvalue weighted by molar-refractivity contribution is 6.00. The lowest BCUT2D eigenvalue weighted by Crippen LogP contribution is -2.40. The number of rotatable bonds is 11. The molecule has 1 saturated carbocycles. The quantitative estimate of drug-likeness (QED) is 0.266. The predicted octanol–water partition coefficient (Wildman–Crippen LogP) is 5.83. The third kappa shape index (κ3) is 9.23. The molecule has 10 nitrogen and oxygen atoms in total. The molecule has 0 saturated heterocycles. The van der Waals surface area contributed by atoms with Crippen molar-refractivity contribution in [1.82, 2.24) is 10.3 Å². The van der Waals surface area contributed by atoms with E-state index in [2.05, 4.69) is 15.6 Å². The summed E-state index contributed by atoms with van der Waals surface area (Å²) in [5, 5.41) is 14.8. The summed E-state index contributed by atoms with van der Waals surface area (Å²) < 4.78 is 17.1. The number of aromatic nitrogens is 1. The largest absolute Gasteiger partial charge is 0.490 e. The maximum Gasteiger partial charge on any atom is 0.407 e. The van der Waals surface area contributed by atoms with Gasteiger partial charge in [0.05, 0.1) is 30.4 Å². The summed E-state index contributed by atoms with van der Waals surface area (Å²) in [6, 6.07) is 17.0. The van der Waals surface area contributed by atoms with Gasteiger partial charge in [-0.1, -0.05) is 32.0 Å². The highest BCUT2D eigenvalue weighted by atomic mass is 16.5. The number of carboxylic acids is 1. The zero-order valence-electron chi connectivity index (χ0n) is 23.2. The topological polar surface area (TPSA) is 136 Å². The lowest BCUT2D eigenvalue weighted by Gasteiger charge is -2.29. The van der Waals surface area contributed by atoms with E-state index in [1.165, 1.54) is 6.07 Å². The number of nitrogens with one attached hydrogen (secondary N) is 2. The Labute approximate surface area is 239 Å². The predicted molar refractivity (Wildman–Crippen MR) is 152 cm³/mol. The van der Waals surface area contributed by atoms with Crippen molar-refractivity contribution in [2.75, 3.05) is 11.9 Å². The number of amides is 2. The van der Waals surface area contributed by atoms with Gasteiger partial charge in [-0.2, -0.15) is 0 Å². The Balaban J connectivity index is 1.20. The molecule has 2 amide bonds. The lowest BCUT2D eigenvalue weighted by atomic mass is 9.93. The second-order valence-corrected chi connectivity index (χ2v) is 10.4. The van der Waals surface area contributed by atoms with Gasteiger partial charge >= 0.3 is 12.1 Å². The van der Waals surface area contributed by atoms with Crippen LogP contribution in [-0.4, -0.2) is 46.8 Å². The van der Waals surface area contributed by atoms with E-state index >= 15 is 0 Å². The molecule has 0 bridgehead atoms. The van der Waals surface area contributed by atoms with Crippen LogP contribution >= 0.6 is 0 Å². The van der Waals surface area contributed by atoms with E-state index in [0.29, 0.717) is 29.7 Å². The Bertz CT molecular complexity index is 1320. The van der Waals surface area contributed by atoms with Crippen LogP contribution < -0.4 is 20.1 Å². The average molecular weight is 562 g/mol. The van der Waals surface area contributed by atoms with Crippen LogP contribution in [0.25, 0.3) is 0 Å². The smallest absolute Gasteiger partial charge is 0.407 e. The molecule has 1 heterocycles. The van der Waals surface area contributed by atoms with Gasteiger partial charge in [0.1, 0.15) is 11.5 Å². The number of carbonyl (C=O) groups is 3. The normalized spacial score (nSPS) is 16.5. The first-order valence-electron chi connectivity index (χ1n) is 13.7. The number of ether oxygens (including phenoxy) is 3. The van der Waals surface area contributed by atoms with E-state index in [0.717, 1.165) is 31.4 Å². The number of para-hydroxylation sites is 1. The fourth-order valence-corrected chi connectivity index (χ4v) is 4.41. The molecule has 4 rings (SSSR count). The Morgan fingerprint density at radius 2 is 1.66 bits per heavy atom. The minimum Gasteiger partial charge on any atom is -0.490 e. The molecule has 0 radical (unpaired) electrons. The van der Waals surface area contributed by atoms with Crippen molar-refractivity contribution >= 4 is 23.7 Å². The SMILES string of the molecule is CC(C)COC(=O)NC1CCC(Oc2ccc(Oc3ccc(CC(=O)Nc4ccccc4C(=O)O)cn3)cc2)CC1. The first-order chi connectivity index (χ1) is 19.7. The third-order valence-electron chi connectivity index (χ3n) is 6.49. The molecular formula is C31H35N3O7. The van der Waals surface area contributed by atoms with Crippen LogP contribution in [0.5, 0.6) is 17.4 Å². The number of anilines is 1. The van der Waals surface area contributed by atoms with Crippen molar-refractivity contribution in [3.8, 4) is 17.4 Å². The van der Waals surface area contributed by atoms with Crippen molar-refractivity contribution in [2.45, 2.75) is 58.1 Å². The maximum atomic E-state index is 12.4. The van der Waals surface area contributed by atoms with Crippen LogP contribution in [0, 0.1) is 5.92 Å². The van der Waals surface area contributed by atoms with Gasteiger partial charge in [-0.25, -0.2) is 14.6 Å². The molecule has 1 aliphatic rings. The number of carbonyl (C=O) groups excluding carboxylic acids is 2. The number of alkyl carbamates (subject to hydrolysis) is 1. The van der Waals surface area contributed by atoms with E-state index in [-0.39, 0.29) is 41.8 Å². The van der Waals surface area contributed by atoms with Crippen LogP contribution in [-0.2, 0) is 16.0 Å². The highest BCUT2D eigenvalue weighted by Gasteiger charge is 2.24. The van der Waals surface area contributed by atoms with Gasteiger partial charge in [-0.15, -0.1) is 0 Å². The molecule has 0 spiro atoms. The second kappa shape index (κ2) is 14.2. The average Bonchev–Trinajstić information content (AvgIpc) is 2.95. The summed E-state index contributed by atoms with van der Waals surface area (Å²) in [5.41, 5.74) is 0.929. The zero-order valence-corrected chi connectivity index (χ0v) is 23.2. The van der Waals surface area contributed by atoms with Gasteiger partial charge in [-0.3, -0.25) is 4.79 Å². The molecule has 3 aromatic rings. The van der Waals surface area contributed by atoms with E-state index < -0.39 is 5.97 Å². The number of benzene rings is 2. The maximum absolute atomic E-state index is 12.4. The fraction of sp³-hybridized carbons (Fsp3) is 0.355. The standard InChI is InChI=1S/C31H35N3O7/c1-20(2)19-39-31(38)33-22-8-10-23(11-9-22)40-24-12-14-25(15-13-24)41-29-16-7-21(18-32-29)17-28(35)34-27-6-4-3-5-26(27)30(36)37/h3-7,12-16,18,20,22-23H,8-11,17,19H2,1-2H3,(H,33,38)(H,34,35)(H,36,37). The van der Waals surface area contributed by atoms with Crippen LogP contribution in [0.4, 0.5) is 10.5 Å². The monoisotopic (exact) mass is 561 g/mol. The Morgan fingerprint density at radius 1 is 0.951 bits per heavy atom. The van der Waals surface area contributed by atoms with E-state index in [9.17, 15) is 19.5 Å². The van der Waals surface area contributed by atoms with Crippen LogP contribution in [0.1, 0.15) is 55.5 Å². The summed E-state index contributed by atoms with van der Waals surface area (Å²) in [7, 11) is 0. The van der Waals surface area contributed by atoms with Crippen molar-refractivity contribution in [1.29, 1.82) is 0 Å². The highest BCUT2D eigenvalue weighted by Crippen LogP contribution is 2.27. The first kappa shape index (κ1) is 29.4. The van der Waals surface area contributed by atoms with Gasteiger partial charge in [0, 0.05) is 18.3 Å². The van der Waals surface area contributed by atoms with Crippen molar-refractivity contribution in [2.24, 2.45) is 5.92 Å². The summed E-state index contributed by atoms with van der Waals surface area (Å²) >= 11 is 0. The molecule has 10 heteroatoms. The number of pyridine rings is 1. The number of hydrogen-bond donors (Lipinski definition) is 3. The van der Waals surface area contributed by atoms with Gasteiger partial charge in [-0.05, 0) is 73.6 Å². The van der Waals surface area contributed by atoms with Crippen LogP contribution in [0.3, 0.4) is 0 Å². The van der Waals surface area contributed by atoms with Crippen LogP contribution in [0.15, 0.2) is 66.9 Å². The molecule has 3 N–H and O–H groups in total. The molecule has 2 aromatic carbocycles. The summed E-state index contributed by atoms with van der Waals surface area (Å²) in [6.45, 7) is 4.42. The number of hydrogen-bond acceptors (Lipinski definition) is 7. The molecular weight excluding hydrogens is 526 g/mol. The van der Waals surface area contributed by atoms with Crippen molar-refractivity contribution < 1.29 is 33.7 Å². The molecule has 216 valence electrons. The lowest BCUT2D eigenvalue weighted by molar-refractivity contribution is -0.115. The number of aromatic carboxylic acids is 1. The van der Waals surface area contributed by atoms with Crippen LogP contribution in [0.2, 0.25) is 0 Å².